The van der Waals surface area contributed by atoms with E-state index < -0.39 is 6.61 Å². The summed E-state index contributed by atoms with van der Waals surface area (Å²) in [6, 6.07) is 9.54. The highest BCUT2D eigenvalue weighted by Crippen LogP contribution is 2.38. The molecule has 1 aliphatic heterocycles. The average molecular weight is 396 g/mol. The largest absolute Gasteiger partial charge is 0.486 e. The summed E-state index contributed by atoms with van der Waals surface area (Å²) in [6.07, 6.45) is 2.94. The summed E-state index contributed by atoms with van der Waals surface area (Å²) in [5, 5.41) is 3.07. The Balaban J connectivity index is 1.59. The molecule has 0 aliphatic carbocycles. The number of carbonyl (C=O) groups is 1. The maximum Gasteiger partial charge on any atom is 0.387 e. The normalized spacial score (nSPS) is 13.0. The van der Waals surface area contributed by atoms with Gasteiger partial charge in [0.1, 0.15) is 19.0 Å². The number of amides is 1. The van der Waals surface area contributed by atoms with Crippen molar-refractivity contribution in [3.8, 4) is 17.2 Å². The van der Waals surface area contributed by atoms with E-state index in [-0.39, 0.29) is 18.2 Å². The van der Waals surface area contributed by atoms with Gasteiger partial charge in [-0.1, -0.05) is 23.7 Å². The first-order valence-electron chi connectivity index (χ1n) is 8.10. The molecule has 0 radical (unpaired) electrons. The zero-order valence-corrected chi connectivity index (χ0v) is 14.8. The summed E-state index contributed by atoms with van der Waals surface area (Å²) in [6.45, 7) is -1.85. The van der Waals surface area contributed by atoms with Crippen molar-refractivity contribution in [2.75, 3.05) is 13.2 Å². The molecule has 0 unspecified atom stereocenters. The SMILES string of the molecule is O=C(/C=C/c1cc(Cl)c2c(c1)OCCO2)NCc1cccc(OC(F)F)c1. The van der Waals surface area contributed by atoms with E-state index in [1.165, 1.54) is 18.2 Å². The second-order valence-electron chi connectivity index (χ2n) is 5.60. The number of alkyl halides is 2. The Morgan fingerprint density at radius 2 is 2.07 bits per heavy atom. The van der Waals surface area contributed by atoms with Crippen LogP contribution in [0.15, 0.2) is 42.5 Å². The van der Waals surface area contributed by atoms with Crippen LogP contribution in [-0.4, -0.2) is 25.7 Å². The highest BCUT2D eigenvalue weighted by molar-refractivity contribution is 6.32. The van der Waals surface area contributed by atoms with Gasteiger partial charge in [0.25, 0.3) is 0 Å². The highest BCUT2D eigenvalue weighted by atomic mass is 35.5. The van der Waals surface area contributed by atoms with Crippen molar-refractivity contribution in [2.24, 2.45) is 0 Å². The van der Waals surface area contributed by atoms with E-state index in [2.05, 4.69) is 10.1 Å². The lowest BCUT2D eigenvalue weighted by molar-refractivity contribution is -0.116. The first-order valence-corrected chi connectivity index (χ1v) is 8.48. The van der Waals surface area contributed by atoms with Gasteiger partial charge in [0.2, 0.25) is 5.91 Å². The van der Waals surface area contributed by atoms with Gasteiger partial charge >= 0.3 is 6.61 Å². The summed E-state index contributed by atoms with van der Waals surface area (Å²) in [7, 11) is 0. The fourth-order valence-corrected chi connectivity index (χ4v) is 2.75. The van der Waals surface area contributed by atoms with Crippen molar-refractivity contribution in [2.45, 2.75) is 13.2 Å². The Morgan fingerprint density at radius 1 is 1.26 bits per heavy atom. The molecule has 5 nitrogen and oxygen atoms in total. The number of hydrogen-bond donors (Lipinski definition) is 1. The quantitative estimate of drug-likeness (QED) is 0.750. The van der Waals surface area contributed by atoms with Crippen LogP contribution >= 0.6 is 11.6 Å². The van der Waals surface area contributed by atoms with Gasteiger partial charge in [-0.3, -0.25) is 4.79 Å². The van der Waals surface area contributed by atoms with Gasteiger partial charge in [-0.15, -0.1) is 0 Å². The lowest BCUT2D eigenvalue weighted by Gasteiger charge is -2.19. The standard InChI is InChI=1S/C19H16ClF2NO4/c20-15-9-12(10-16-18(15)26-7-6-25-16)4-5-17(24)23-11-13-2-1-3-14(8-13)27-19(21)22/h1-5,8-10,19H,6-7,11H2,(H,23,24)/b5-4+. The van der Waals surface area contributed by atoms with Crippen LogP contribution < -0.4 is 19.5 Å². The number of hydrogen-bond acceptors (Lipinski definition) is 4. The van der Waals surface area contributed by atoms with Crippen LogP contribution in [0, 0.1) is 0 Å². The topological polar surface area (TPSA) is 56.8 Å². The lowest BCUT2D eigenvalue weighted by Crippen LogP contribution is -2.20. The van der Waals surface area contributed by atoms with Gasteiger partial charge in [0.05, 0.1) is 5.02 Å². The molecule has 1 aliphatic rings. The Morgan fingerprint density at radius 3 is 2.89 bits per heavy atom. The number of fused-ring (bicyclic) bond motifs is 1. The van der Waals surface area contributed by atoms with E-state index in [0.717, 1.165) is 0 Å². The fourth-order valence-electron chi connectivity index (χ4n) is 2.48. The van der Waals surface area contributed by atoms with Crippen LogP contribution in [-0.2, 0) is 11.3 Å². The third-order valence-electron chi connectivity index (χ3n) is 3.64. The zero-order valence-electron chi connectivity index (χ0n) is 14.1. The molecule has 3 rings (SSSR count). The molecule has 0 saturated carbocycles. The molecule has 2 aromatic carbocycles. The first-order chi connectivity index (χ1) is 13.0. The summed E-state index contributed by atoms with van der Waals surface area (Å²) in [5.41, 5.74) is 1.32. The predicted molar refractivity (Wildman–Crippen MR) is 96.4 cm³/mol. The van der Waals surface area contributed by atoms with Crippen molar-refractivity contribution < 1.29 is 27.8 Å². The number of halogens is 3. The van der Waals surface area contributed by atoms with Crippen LogP contribution in [0.25, 0.3) is 6.08 Å². The maximum atomic E-state index is 12.2. The molecule has 142 valence electrons. The van der Waals surface area contributed by atoms with Crippen molar-refractivity contribution in [3.63, 3.8) is 0 Å². The van der Waals surface area contributed by atoms with E-state index in [1.807, 2.05) is 0 Å². The van der Waals surface area contributed by atoms with Crippen molar-refractivity contribution in [1.82, 2.24) is 5.32 Å². The minimum Gasteiger partial charge on any atom is -0.486 e. The molecule has 8 heteroatoms. The molecule has 1 amide bonds. The van der Waals surface area contributed by atoms with E-state index in [0.29, 0.717) is 40.9 Å². The Bertz CT molecular complexity index is 858. The summed E-state index contributed by atoms with van der Waals surface area (Å²) in [4.78, 5) is 12.0. The highest BCUT2D eigenvalue weighted by Gasteiger charge is 2.16. The number of ether oxygens (including phenoxy) is 3. The third kappa shape index (κ3) is 5.34. The molecule has 0 aromatic heterocycles. The van der Waals surface area contributed by atoms with Gasteiger partial charge in [0, 0.05) is 12.6 Å². The number of rotatable bonds is 6. The molecule has 0 bridgehead atoms. The van der Waals surface area contributed by atoms with Crippen molar-refractivity contribution in [1.29, 1.82) is 0 Å². The molecule has 0 fully saturated rings. The second-order valence-corrected chi connectivity index (χ2v) is 6.01. The zero-order chi connectivity index (χ0) is 19.2. The number of nitrogens with one attached hydrogen (secondary N) is 1. The molecular formula is C19H16ClF2NO4. The van der Waals surface area contributed by atoms with E-state index >= 15 is 0 Å². The number of benzene rings is 2. The van der Waals surface area contributed by atoms with Crippen LogP contribution in [0.1, 0.15) is 11.1 Å². The van der Waals surface area contributed by atoms with E-state index in [9.17, 15) is 13.6 Å². The lowest BCUT2D eigenvalue weighted by atomic mass is 10.1. The van der Waals surface area contributed by atoms with Crippen LogP contribution in [0.3, 0.4) is 0 Å². The van der Waals surface area contributed by atoms with Gasteiger partial charge in [-0.25, -0.2) is 0 Å². The minimum atomic E-state index is -2.89. The second kappa shape index (κ2) is 8.73. The Labute approximate surface area is 159 Å². The smallest absolute Gasteiger partial charge is 0.387 e. The predicted octanol–water partition coefficient (Wildman–Crippen LogP) is 4.04. The molecule has 27 heavy (non-hydrogen) atoms. The van der Waals surface area contributed by atoms with Gasteiger partial charge in [0.15, 0.2) is 11.5 Å². The first kappa shape index (κ1) is 19.0. The third-order valence-corrected chi connectivity index (χ3v) is 3.92. The molecule has 1 N–H and O–H groups in total. The summed E-state index contributed by atoms with van der Waals surface area (Å²) in [5.74, 6) is 0.722. The van der Waals surface area contributed by atoms with Crippen LogP contribution in [0.5, 0.6) is 17.2 Å². The fraction of sp³-hybridized carbons (Fsp3) is 0.211. The van der Waals surface area contributed by atoms with E-state index in [1.54, 1.807) is 30.3 Å². The van der Waals surface area contributed by atoms with E-state index in [4.69, 9.17) is 21.1 Å². The Hall–Kier alpha value is -2.80. The minimum absolute atomic E-state index is 0.0400. The Kier molecular flexibility index (Phi) is 6.13. The molecule has 0 atom stereocenters. The molecule has 0 saturated heterocycles. The van der Waals surface area contributed by atoms with Crippen molar-refractivity contribution >= 4 is 23.6 Å². The van der Waals surface area contributed by atoms with Crippen LogP contribution in [0.2, 0.25) is 5.02 Å². The van der Waals surface area contributed by atoms with Gasteiger partial charge in [-0.2, -0.15) is 8.78 Å². The van der Waals surface area contributed by atoms with Gasteiger partial charge < -0.3 is 19.5 Å². The monoisotopic (exact) mass is 395 g/mol. The van der Waals surface area contributed by atoms with Gasteiger partial charge in [-0.05, 0) is 41.5 Å². The summed E-state index contributed by atoms with van der Waals surface area (Å²) >= 11 is 6.15. The maximum absolute atomic E-state index is 12.2. The number of carbonyl (C=O) groups excluding carboxylic acids is 1. The molecule has 1 heterocycles. The molecule has 0 spiro atoms. The van der Waals surface area contributed by atoms with Crippen LogP contribution in [0.4, 0.5) is 8.78 Å². The molecular weight excluding hydrogens is 380 g/mol. The average Bonchev–Trinajstić information content (AvgIpc) is 2.64. The molecule has 2 aromatic rings. The summed E-state index contributed by atoms with van der Waals surface area (Å²) < 4.78 is 39.7. The van der Waals surface area contributed by atoms with Crippen molar-refractivity contribution in [3.05, 3.63) is 58.6 Å².